The maximum Gasteiger partial charge on any atom is 0.278 e. The summed E-state index contributed by atoms with van der Waals surface area (Å²) in [6.45, 7) is 0. The van der Waals surface area contributed by atoms with Crippen molar-refractivity contribution in [2.24, 2.45) is 0 Å². The summed E-state index contributed by atoms with van der Waals surface area (Å²) in [5, 5.41) is 11.1. The topological polar surface area (TPSA) is 56.0 Å². The second kappa shape index (κ2) is 2.82. The van der Waals surface area contributed by atoms with Gasteiger partial charge in [0.05, 0.1) is 16.5 Å². The van der Waals surface area contributed by atoms with E-state index in [2.05, 4.69) is 11.1 Å². The molecular weight excluding hydrogens is 168 g/mol. The Labute approximate surface area is 74.0 Å². The van der Waals surface area contributed by atoms with Crippen molar-refractivity contribution in [1.29, 1.82) is 0 Å². The van der Waals surface area contributed by atoms with Gasteiger partial charge in [-0.05, 0) is 12.1 Å². The Morgan fingerprint density at radius 1 is 1.38 bits per heavy atom. The van der Waals surface area contributed by atoms with E-state index in [9.17, 15) is 10.1 Å². The molecule has 0 fully saturated rings. The van der Waals surface area contributed by atoms with E-state index in [1.807, 2.05) is 0 Å². The molecule has 0 amide bonds. The molecule has 1 aromatic carbocycles. The number of hydrogen-bond acceptors (Lipinski definition) is 3. The number of rotatable bonds is 1. The Balaban J connectivity index is 2.69. The van der Waals surface area contributed by atoms with Crippen molar-refractivity contribution in [3.63, 3.8) is 0 Å². The summed E-state index contributed by atoms with van der Waals surface area (Å²) in [6, 6.07) is 9.15. The molecule has 0 bridgehead atoms. The summed E-state index contributed by atoms with van der Waals surface area (Å²) in [7, 11) is 0. The molecule has 4 heteroatoms. The molecule has 0 saturated heterocycles. The van der Waals surface area contributed by atoms with Gasteiger partial charge in [0, 0.05) is 17.6 Å². The zero-order chi connectivity index (χ0) is 9.26. The van der Waals surface area contributed by atoms with Crippen LogP contribution in [0.2, 0.25) is 0 Å². The minimum atomic E-state index is -0.466. The van der Waals surface area contributed by atoms with Crippen molar-refractivity contribution in [3.8, 4) is 0 Å². The largest absolute Gasteiger partial charge is 0.278 e. The van der Waals surface area contributed by atoms with E-state index < -0.39 is 4.92 Å². The standard InChI is InChI=1S/C9H5N2O2/c12-11(13)8-3-4-9-7(6-8)2-1-5-10-9/h1-5H. The van der Waals surface area contributed by atoms with Gasteiger partial charge in [0.2, 0.25) is 0 Å². The van der Waals surface area contributed by atoms with E-state index in [-0.39, 0.29) is 5.69 Å². The van der Waals surface area contributed by atoms with Gasteiger partial charge in [-0.1, -0.05) is 6.07 Å². The third-order valence-corrected chi connectivity index (χ3v) is 1.70. The molecule has 1 heterocycles. The summed E-state index contributed by atoms with van der Waals surface area (Å²) in [5.74, 6) is 0. The third kappa shape index (κ3) is 1.33. The molecule has 0 unspecified atom stereocenters. The van der Waals surface area contributed by atoms with Crippen LogP contribution in [-0.4, -0.2) is 9.91 Å². The minimum absolute atomic E-state index is 0.0273. The quantitative estimate of drug-likeness (QED) is 0.489. The number of aromatic nitrogens is 1. The number of non-ortho nitro benzene ring substituents is 1. The lowest BCUT2D eigenvalue weighted by molar-refractivity contribution is -0.385. The van der Waals surface area contributed by atoms with Gasteiger partial charge in [-0.15, -0.1) is 0 Å². The minimum Gasteiger partial charge on any atom is -0.258 e. The Bertz CT molecular complexity index is 468. The molecule has 0 aliphatic carbocycles. The van der Waals surface area contributed by atoms with Crippen LogP contribution in [0.15, 0.2) is 30.5 Å². The lowest BCUT2D eigenvalue weighted by Crippen LogP contribution is -1.88. The second-order valence-corrected chi connectivity index (χ2v) is 2.54. The summed E-state index contributed by atoms with van der Waals surface area (Å²) in [4.78, 5) is 14.0. The maximum atomic E-state index is 10.4. The molecule has 0 saturated carbocycles. The summed E-state index contributed by atoms with van der Waals surface area (Å²) >= 11 is 0. The van der Waals surface area contributed by atoms with Crippen molar-refractivity contribution < 1.29 is 4.92 Å². The fraction of sp³-hybridized carbons (Fsp3) is 0. The number of nitrogens with zero attached hydrogens (tertiary/aromatic N) is 2. The van der Waals surface area contributed by atoms with E-state index in [1.54, 1.807) is 24.4 Å². The number of benzene rings is 1. The molecule has 4 nitrogen and oxygen atoms in total. The van der Waals surface area contributed by atoms with Crippen LogP contribution in [0.25, 0.3) is 10.9 Å². The van der Waals surface area contributed by atoms with Gasteiger partial charge in [-0.2, -0.15) is 0 Å². The molecule has 0 aliphatic heterocycles. The van der Waals surface area contributed by atoms with E-state index in [0.29, 0.717) is 10.9 Å². The number of nitro groups is 1. The monoisotopic (exact) mass is 173 g/mol. The first kappa shape index (κ1) is 7.67. The molecule has 1 radical (unpaired) electrons. The van der Waals surface area contributed by atoms with Gasteiger partial charge in [0.25, 0.3) is 5.69 Å². The predicted molar refractivity (Wildman–Crippen MR) is 47.2 cm³/mol. The normalized spacial score (nSPS) is 10.2. The van der Waals surface area contributed by atoms with Crippen LogP contribution in [0, 0.1) is 16.2 Å². The van der Waals surface area contributed by atoms with E-state index >= 15 is 0 Å². The summed E-state index contributed by atoms with van der Waals surface area (Å²) in [5.41, 5.74) is 0.689. The average molecular weight is 173 g/mol. The number of hydrogen-bond donors (Lipinski definition) is 0. The Hall–Kier alpha value is -1.97. The van der Waals surface area contributed by atoms with Gasteiger partial charge in [-0.25, -0.2) is 0 Å². The first-order valence-electron chi connectivity index (χ1n) is 3.69. The molecule has 63 valence electrons. The first-order chi connectivity index (χ1) is 6.27. The zero-order valence-corrected chi connectivity index (χ0v) is 6.60. The highest BCUT2D eigenvalue weighted by Crippen LogP contribution is 2.17. The summed E-state index contributed by atoms with van der Waals surface area (Å²) < 4.78 is 0. The van der Waals surface area contributed by atoms with Crippen LogP contribution in [0.5, 0.6) is 0 Å². The maximum absolute atomic E-state index is 10.4. The highest BCUT2D eigenvalue weighted by molar-refractivity contribution is 5.79. The van der Waals surface area contributed by atoms with Gasteiger partial charge in [0.15, 0.2) is 0 Å². The molecular formula is C9H5N2O2. The van der Waals surface area contributed by atoms with Crippen molar-refractivity contribution in [3.05, 3.63) is 46.6 Å². The Morgan fingerprint density at radius 3 is 3.00 bits per heavy atom. The van der Waals surface area contributed by atoms with Crippen LogP contribution in [-0.2, 0) is 0 Å². The lowest BCUT2D eigenvalue weighted by Gasteiger charge is -1.94. The molecule has 0 spiro atoms. The van der Waals surface area contributed by atoms with E-state index in [0.717, 1.165) is 0 Å². The van der Waals surface area contributed by atoms with Crippen molar-refractivity contribution in [2.45, 2.75) is 0 Å². The van der Waals surface area contributed by atoms with E-state index in [1.165, 1.54) is 6.07 Å². The third-order valence-electron chi connectivity index (χ3n) is 1.70. The molecule has 1 aromatic heterocycles. The zero-order valence-electron chi connectivity index (χ0n) is 6.60. The van der Waals surface area contributed by atoms with Crippen molar-refractivity contribution in [1.82, 2.24) is 4.98 Å². The Kier molecular flexibility index (Phi) is 1.66. The van der Waals surface area contributed by atoms with E-state index in [4.69, 9.17) is 0 Å². The molecule has 13 heavy (non-hydrogen) atoms. The van der Waals surface area contributed by atoms with Gasteiger partial charge in [0.1, 0.15) is 0 Å². The van der Waals surface area contributed by atoms with Crippen molar-refractivity contribution in [2.75, 3.05) is 0 Å². The van der Waals surface area contributed by atoms with Crippen LogP contribution in [0.3, 0.4) is 0 Å². The van der Waals surface area contributed by atoms with Gasteiger partial charge < -0.3 is 0 Å². The number of nitro benzene ring substituents is 1. The fourth-order valence-corrected chi connectivity index (χ4v) is 1.10. The van der Waals surface area contributed by atoms with Crippen LogP contribution < -0.4 is 0 Å². The summed E-state index contributed by atoms with van der Waals surface area (Å²) in [6.07, 6.45) is 1.64. The Morgan fingerprint density at radius 2 is 2.23 bits per heavy atom. The molecule has 2 aromatic rings. The SMILES string of the molecule is O=[N+]([O-])c1[c]c2cccnc2cc1. The highest BCUT2D eigenvalue weighted by Gasteiger charge is 2.05. The highest BCUT2D eigenvalue weighted by atomic mass is 16.6. The average Bonchev–Trinajstić information content (AvgIpc) is 2.17. The number of fused-ring (bicyclic) bond motifs is 1. The van der Waals surface area contributed by atoms with Gasteiger partial charge >= 0.3 is 0 Å². The molecule has 2 rings (SSSR count). The first-order valence-corrected chi connectivity index (χ1v) is 3.69. The smallest absolute Gasteiger partial charge is 0.258 e. The van der Waals surface area contributed by atoms with Gasteiger partial charge in [-0.3, -0.25) is 15.1 Å². The molecule has 0 N–H and O–H groups in total. The van der Waals surface area contributed by atoms with Crippen molar-refractivity contribution >= 4 is 16.6 Å². The van der Waals surface area contributed by atoms with Crippen LogP contribution >= 0.6 is 0 Å². The lowest BCUT2D eigenvalue weighted by atomic mass is 10.2. The second-order valence-electron chi connectivity index (χ2n) is 2.54. The fourth-order valence-electron chi connectivity index (χ4n) is 1.10. The number of pyridine rings is 1. The van der Waals surface area contributed by atoms with Crippen LogP contribution in [0.1, 0.15) is 0 Å². The molecule has 0 atom stereocenters. The predicted octanol–water partition coefficient (Wildman–Crippen LogP) is 1.94. The van der Waals surface area contributed by atoms with Crippen LogP contribution in [0.4, 0.5) is 5.69 Å². The molecule has 0 aliphatic rings.